The number of amides is 2. The first-order chi connectivity index (χ1) is 21.0. The van der Waals surface area contributed by atoms with Gasteiger partial charge in [0, 0.05) is 24.3 Å². The van der Waals surface area contributed by atoms with Gasteiger partial charge < -0.3 is 24.9 Å². The molecule has 3 aromatic carbocycles. The van der Waals surface area contributed by atoms with Crippen LogP contribution in [0.25, 0.3) is 11.0 Å². The minimum atomic E-state index is -1.20. The molecule has 1 aliphatic heterocycles. The summed E-state index contributed by atoms with van der Waals surface area (Å²) in [6, 6.07) is 19.5. The average Bonchev–Trinajstić information content (AvgIpc) is 2.98. The Morgan fingerprint density at radius 1 is 0.909 bits per heavy atom. The number of nitrogens with one attached hydrogen (secondary N) is 2. The molecule has 228 valence electrons. The third-order valence-corrected chi connectivity index (χ3v) is 8.02. The number of ether oxygens (including phenoxy) is 1. The van der Waals surface area contributed by atoms with Crippen molar-refractivity contribution in [1.82, 2.24) is 10.6 Å². The summed E-state index contributed by atoms with van der Waals surface area (Å²) in [5.41, 5.74) is 2.77. The zero-order valence-electron chi connectivity index (χ0n) is 25.0. The van der Waals surface area contributed by atoms with Crippen LogP contribution >= 0.6 is 0 Å². The number of fused-ring (bicyclic) bond motifs is 2. The van der Waals surface area contributed by atoms with E-state index in [-0.39, 0.29) is 30.4 Å². The minimum absolute atomic E-state index is 0.0808. The Kier molecular flexibility index (Phi) is 8.85. The largest absolute Gasteiger partial charge is 0.487 e. The highest BCUT2D eigenvalue weighted by Crippen LogP contribution is 2.36. The maximum atomic E-state index is 13.5. The molecule has 44 heavy (non-hydrogen) atoms. The summed E-state index contributed by atoms with van der Waals surface area (Å²) >= 11 is 0. The Morgan fingerprint density at radius 2 is 1.52 bits per heavy atom. The third kappa shape index (κ3) is 7.16. The lowest BCUT2D eigenvalue weighted by Gasteiger charge is -2.32. The smallest absolute Gasteiger partial charge is 0.340 e. The molecule has 0 spiro atoms. The molecular formula is C35H36N2O7. The molecule has 9 nitrogen and oxygen atoms in total. The summed E-state index contributed by atoms with van der Waals surface area (Å²) in [7, 11) is 0. The van der Waals surface area contributed by atoms with Gasteiger partial charge in [-0.05, 0) is 61.9 Å². The number of hydrogen-bond donors (Lipinski definition) is 3. The fourth-order valence-electron chi connectivity index (χ4n) is 5.53. The fraction of sp³-hybridized carbons (Fsp3) is 0.314. The summed E-state index contributed by atoms with van der Waals surface area (Å²) in [6.45, 7) is 5.80. The molecule has 1 aliphatic rings. The van der Waals surface area contributed by atoms with E-state index in [1.807, 2.05) is 56.3 Å². The van der Waals surface area contributed by atoms with Crippen LogP contribution in [0.2, 0.25) is 0 Å². The molecule has 0 fully saturated rings. The molecule has 0 saturated heterocycles. The fourth-order valence-corrected chi connectivity index (χ4v) is 5.53. The first-order valence-corrected chi connectivity index (χ1v) is 14.7. The molecule has 9 heteroatoms. The standard InChI is InChI=1S/C35H36N2O7/c1-21-25-18-24-14-15-35(2,3)44-29(24)20-30(25)43-34(42)26(21)19-31(38)36-27(16-22-10-6-4-7-11-22)32(39)37-28(33(40)41)17-23-12-8-5-9-13-23/h4-13,18,20,27-28H,14-17,19H2,1-3H3,(H,36,38)(H,37,39)(H,40,41)/t27-,28-/m1/s1. The SMILES string of the molecule is Cc1c(CC(=O)N[C@H](Cc2ccccc2)C(=O)N[C@H](Cc2ccccc2)C(=O)O)c(=O)oc2cc3c(cc12)CCC(C)(C)O3. The van der Waals surface area contributed by atoms with Crippen LogP contribution in [0.4, 0.5) is 0 Å². The van der Waals surface area contributed by atoms with Crippen LogP contribution in [0.15, 0.2) is 82.0 Å². The number of rotatable bonds is 10. The van der Waals surface area contributed by atoms with E-state index in [0.29, 0.717) is 16.9 Å². The van der Waals surface area contributed by atoms with Gasteiger partial charge >= 0.3 is 11.6 Å². The summed E-state index contributed by atoms with van der Waals surface area (Å²) in [5.74, 6) is -1.70. The second kappa shape index (κ2) is 12.8. The van der Waals surface area contributed by atoms with E-state index in [4.69, 9.17) is 9.15 Å². The maximum absolute atomic E-state index is 13.5. The van der Waals surface area contributed by atoms with Crippen LogP contribution in [0.5, 0.6) is 5.75 Å². The molecule has 0 bridgehead atoms. The van der Waals surface area contributed by atoms with E-state index >= 15 is 0 Å². The summed E-state index contributed by atoms with van der Waals surface area (Å²) < 4.78 is 11.7. The number of hydrogen-bond acceptors (Lipinski definition) is 6. The molecule has 3 N–H and O–H groups in total. The van der Waals surface area contributed by atoms with Crippen molar-refractivity contribution in [2.24, 2.45) is 0 Å². The highest BCUT2D eigenvalue weighted by atomic mass is 16.5. The van der Waals surface area contributed by atoms with Gasteiger partial charge in [0.2, 0.25) is 11.8 Å². The predicted molar refractivity (Wildman–Crippen MR) is 166 cm³/mol. The average molecular weight is 597 g/mol. The van der Waals surface area contributed by atoms with E-state index in [1.54, 1.807) is 37.3 Å². The van der Waals surface area contributed by atoms with Crippen LogP contribution in [-0.2, 0) is 40.1 Å². The number of carboxylic acid groups (broad SMARTS) is 1. The molecule has 5 rings (SSSR count). The number of carbonyl (C=O) groups is 3. The van der Waals surface area contributed by atoms with Crippen LogP contribution < -0.4 is 21.0 Å². The second-order valence-electron chi connectivity index (χ2n) is 11.9. The van der Waals surface area contributed by atoms with Gasteiger partial charge in [0.25, 0.3) is 0 Å². The summed E-state index contributed by atoms with van der Waals surface area (Å²) in [4.78, 5) is 51.9. The van der Waals surface area contributed by atoms with Crippen molar-refractivity contribution >= 4 is 28.8 Å². The van der Waals surface area contributed by atoms with Crippen molar-refractivity contribution in [3.63, 3.8) is 0 Å². The van der Waals surface area contributed by atoms with Crippen molar-refractivity contribution in [3.8, 4) is 5.75 Å². The van der Waals surface area contributed by atoms with Crippen molar-refractivity contribution in [2.45, 2.75) is 70.6 Å². The van der Waals surface area contributed by atoms with Gasteiger partial charge in [-0.3, -0.25) is 9.59 Å². The van der Waals surface area contributed by atoms with Crippen molar-refractivity contribution < 1.29 is 28.6 Å². The molecule has 0 unspecified atom stereocenters. The van der Waals surface area contributed by atoms with Crippen LogP contribution in [0.3, 0.4) is 0 Å². The number of carboxylic acids is 1. The van der Waals surface area contributed by atoms with Crippen LogP contribution in [0.1, 0.15) is 48.1 Å². The zero-order chi connectivity index (χ0) is 31.4. The molecule has 2 atom stereocenters. The maximum Gasteiger partial charge on any atom is 0.340 e. The number of aliphatic carboxylic acids is 1. The van der Waals surface area contributed by atoms with Crippen LogP contribution in [-0.4, -0.2) is 40.6 Å². The normalized spacial score (nSPS) is 15.0. The predicted octanol–water partition coefficient (Wildman–Crippen LogP) is 4.29. The van der Waals surface area contributed by atoms with Crippen molar-refractivity contribution in [2.75, 3.05) is 0 Å². The van der Waals surface area contributed by atoms with Gasteiger partial charge in [0.1, 0.15) is 29.0 Å². The molecule has 1 aromatic heterocycles. The van der Waals surface area contributed by atoms with Gasteiger partial charge in [0.15, 0.2) is 0 Å². The topological polar surface area (TPSA) is 135 Å². The quantitative estimate of drug-likeness (QED) is 0.233. The molecule has 2 amide bonds. The lowest BCUT2D eigenvalue weighted by atomic mass is 9.92. The van der Waals surface area contributed by atoms with Crippen molar-refractivity contribution in [3.05, 3.63) is 111 Å². The Balaban J connectivity index is 1.37. The number of aryl methyl sites for hydroxylation is 2. The Bertz CT molecular complexity index is 1750. The van der Waals surface area contributed by atoms with E-state index in [2.05, 4.69) is 10.6 Å². The Labute approximate surface area is 255 Å². The highest BCUT2D eigenvalue weighted by Gasteiger charge is 2.29. The van der Waals surface area contributed by atoms with E-state index < -0.39 is 35.5 Å². The zero-order valence-corrected chi connectivity index (χ0v) is 25.0. The number of carbonyl (C=O) groups excluding carboxylic acids is 2. The molecular weight excluding hydrogens is 560 g/mol. The second-order valence-corrected chi connectivity index (χ2v) is 11.9. The molecule has 0 aliphatic carbocycles. The first-order valence-electron chi connectivity index (χ1n) is 14.7. The van der Waals surface area contributed by atoms with Gasteiger partial charge in [-0.2, -0.15) is 0 Å². The van der Waals surface area contributed by atoms with Gasteiger partial charge in [0.05, 0.1) is 12.0 Å². The lowest BCUT2D eigenvalue weighted by Crippen LogP contribution is -2.53. The van der Waals surface area contributed by atoms with Gasteiger partial charge in [-0.1, -0.05) is 60.7 Å². The van der Waals surface area contributed by atoms with E-state index in [0.717, 1.165) is 34.9 Å². The highest BCUT2D eigenvalue weighted by molar-refractivity contribution is 5.92. The molecule has 2 heterocycles. The molecule has 0 saturated carbocycles. The van der Waals surface area contributed by atoms with Gasteiger partial charge in [-0.15, -0.1) is 0 Å². The monoisotopic (exact) mass is 596 g/mol. The Hall–Kier alpha value is -4.92. The minimum Gasteiger partial charge on any atom is -0.487 e. The Morgan fingerprint density at radius 3 is 2.14 bits per heavy atom. The van der Waals surface area contributed by atoms with E-state index in [1.165, 1.54) is 0 Å². The van der Waals surface area contributed by atoms with Crippen LogP contribution in [0, 0.1) is 6.92 Å². The molecule has 0 radical (unpaired) electrons. The summed E-state index contributed by atoms with van der Waals surface area (Å²) in [5, 5.41) is 15.9. The van der Waals surface area contributed by atoms with Gasteiger partial charge in [-0.25, -0.2) is 9.59 Å². The third-order valence-electron chi connectivity index (χ3n) is 8.02. The first kappa shape index (κ1) is 30.5. The van der Waals surface area contributed by atoms with E-state index in [9.17, 15) is 24.3 Å². The van der Waals surface area contributed by atoms with Crippen molar-refractivity contribution in [1.29, 1.82) is 0 Å². The summed E-state index contributed by atoms with van der Waals surface area (Å²) in [6.07, 6.45) is 1.55. The molecule has 4 aromatic rings. The lowest BCUT2D eigenvalue weighted by molar-refractivity contribution is -0.142. The number of benzene rings is 3.